The van der Waals surface area contributed by atoms with Crippen LogP contribution in [0.1, 0.15) is 39.8 Å². The number of likely N-dealkylation sites (N-methyl/N-ethyl adjacent to an activating group) is 1. The maximum atomic E-state index is 12.9. The molecule has 0 saturated carbocycles. The quantitative estimate of drug-likeness (QED) is 0.559. The fourth-order valence-corrected chi connectivity index (χ4v) is 3.48. The SMILES string of the molecule is COc1ccc(C(C)=O)cc1CC(=O)N(C)Cc1c(C)nn(-c2ccccc2)c1C. The Hall–Kier alpha value is -3.41. The van der Waals surface area contributed by atoms with Gasteiger partial charge in [0.25, 0.3) is 0 Å². The van der Waals surface area contributed by atoms with Crippen LogP contribution in [0.3, 0.4) is 0 Å². The van der Waals surface area contributed by atoms with Crippen LogP contribution in [0.4, 0.5) is 0 Å². The highest BCUT2D eigenvalue weighted by Crippen LogP contribution is 2.23. The number of Topliss-reactive ketones (excluding diaryl/α,β-unsaturated/α-hetero) is 1. The van der Waals surface area contributed by atoms with Crippen LogP contribution in [0.2, 0.25) is 0 Å². The van der Waals surface area contributed by atoms with Gasteiger partial charge >= 0.3 is 0 Å². The first-order valence-electron chi connectivity index (χ1n) is 9.84. The molecular weight excluding hydrogens is 378 g/mol. The summed E-state index contributed by atoms with van der Waals surface area (Å²) in [5.74, 6) is 0.505. The lowest BCUT2D eigenvalue weighted by Crippen LogP contribution is -2.28. The molecule has 0 atom stereocenters. The predicted octanol–water partition coefficient (Wildman–Crippen LogP) is 3.90. The largest absolute Gasteiger partial charge is 0.496 e. The molecule has 0 aliphatic rings. The second-order valence-corrected chi connectivity index (χ2v) is 7.41. The first-order valence-corrected chi connectivity index (χ1v) is 9.84. The van der Waals surface area contributed by atoms with Gasteiger partial charge in [-0.1, -0.05) is 18.2 Å². The first-order chi connectivity index (χ1) is 14.3. The Balaban J connectivity index is 1.80. The third-order valence-electron chi connectivity index (χ3n) is 5.29. The van der Waals surface area contributed by atoms with Crippen molar-refractivity contribution in [2.75, 3.05) is 14.2 Å². The van der Waals surface area contributed by atoms with Crippen LogP contribution in [0.25, 0.3) is 5.69 Å². The third-order valence-corrected chi connectivity index (χ3v) is 5.29. The molecule has 1 heterocycles. The Bertz CT molecular complexity index is 1070. The summed E-state index contributed by atoms with van der Waals surface area (Å²) in [6, 6.07) is 15.1. The number of methoxy groups -OCH3 is 1. The summed E-state index contributed by atoms with van der Waals surface area (Å²) < 4.78 is 7.28. The summed E-state index contributed by atoms with van der Waals surface area (Å²) >= 11 is 0. The van der Waals surface area contributed by atoms with Gasteiger partial charge < -0.3 is 9.64 Å². The first kappa shape index (κ1) is 21.3. The Morgan fingerprint density at radius 3 is 2.43 bits per heavy atom. The van der Waals surface area contributed by atoms with Gasteiger partial charge in [0, 0.05) is 36.0 Å². The van der Waals surface area contributed by atoms with Crippen molar-refractivity contribution >= 4 is 11.7 Å². The Kier molecular flexibility index (Phi) is 6.35. The summed E-state index contributed by atoms with van der Waals surface area (Å²) in [5.41, 5.74) is 5.19. The van der Waals surface area contributed by atoms with Crippen LogP contribution in [0.15, 0.2) is 48.5 Å². The fraction of sp³-hybridized carbons (Fsp3) is 0.292. The van der Waals surface area contributed by atoms with Gasteiger partial charge in [-0.3, -0.25) is 9.59 Å². The number of ketones is 1. The van der Waals surface area contributed by atoms with Gasteiger partial charge in [0.2, 0.25) is 5.91 Å². The van der Waals surface area contributed by atoms with E-state index in [2.05, 4.69) is 5.10 Å². The topological polar surface area (TPSA) is 64.4 Å². The van der Waals surface area contributed by atoms with E-state index in [1.807, 2.05) is 48.9 Å². The average molecular weight is 405 g/mol. The van der Waals surface area contributed by atoms with Crippen molar-refractivity contribution in [2.45, 2.75) is 33.7 Å². The van der Waals surface area contributed by atoms with Crippen molar-refractivity contribution in [1.29, 1.82) is 0 Å². The highest BCUT2D eigenvalue weighted by atomic mass is 16.5. The fourth-order valence-electron chi connectivity index (χ4n) is 3.48. The van der Waals surface area contributed by atoms with Gasteiger partial charge in [0.1, 0.15) is 5.75 Å². The summed E-state index contributed by atoms with van der Waals surface area (Å²) in [7, 11) is 3.34. The number of hydrogen-bond acceptors (Lipinski definition) is 4. The van der Waals surface area contributed by atoms with Crippen LogP contribution in [-0.4, -0.2) is 40.5 Å². The van der Waals surface area contributed by atoms with Crippen molar-refractivity contribution in [3.63, 3.8) is 0 Å². The van der Waals surface area contributed by atoms with Crippen LogP contribution in [0, 0.1) is 13.8 Å². The molecule has 6 nitrogen and oxygen atoms in total. The van der Waals surface area contributed by atoms with Crippen LogP contribution >= 0.6 is 0 Å². The number of carbonyl (C=O) groups excluding carboxylic acids is 2. The monoisotopic (exact) mass is 405 g/mol. The normalized spacial score (nSPS) is 10.7. The molecule has 2 aromatic carbocycles. The molecule has 1 amide bonds. The van der Waals surface area contributed by atoms with E-state index < -0.39 is 0 Å². The molecule has 0 N–H and O–H groups in total. The molecule has 30 heavy (non-hydrogen) atoms. The Morgan fingerprint density at radius 2 is 1.80 bits per heavy atom. The number of para-hydroxylation sites is 1. The highest BCUT2D eigenvalue weighted by molar-refractivity contribution is 5.94. The summed E-state index contributed by atoms with van der Waals surface area (Å²) in [6.45, 7) is 5.94. The number of nitrogens with zero attached hydrogens (tertiary/aromatic N) is 3. The zero-order valence-corrected chi connectivity index (χ0v) is 18.1. The van der Waals surface area contributed by atoms with Crippen LogP contribution in [-0.2, 0) is 17.8 Å². The minimum Gasteiger partial charge on any atom is -0.496 e. The number of carbonyl (C=O) groups is 2. The van der Waals surface area contributed by atoms with Gasteiger partial charge in [-0.15, -0.1) is 0 Å². The van der Waals surface area contributed by atoms with Crippen LogP contribution in [0.5, 0.6) is 5.75 Å². The molecule has 1 aromatic heterocycles. The lowest BCUT2D eigenvalue weighted by Gasteiger charge is -2.19. The standard InChI is InChI=1S/C24H27N3O3/c1-16-22(17(2)27(25-16)21-9-7-6-8-10-21)15-26(4)24(29)14-20-13-19(18(3)28)11-12-23(20)30-5/h6-13H,14-15H2,1-5H3. The summed E-state index contributed by atoms with van der Waals surface area (Å²) in [6.07, 6.45) is 0.158. The van der Waals surface area contributed by atoms with E-state index in [-0.39, 0.29) is 18.1 Å². The zero-order chi connectivity index (χ0) is 21.8. The second kappa shape index (κ2) is 8.95. The number of hydrogen-bond donors (Lipinski definition) is 0. The molecule has 0 fully saturated rings. The van der Waals surface area contributed by atoms with Gasteiger partial charge in [-0.2, -0.15) is 5.10 Å². The molecule has 0 unspecified atom stereocenters. The van der Waals surface area contributed by atoms with Crippen LogP contribution < -0.4 is 4.74 Å². The Morgan fingerprint density at radius 1 is 1.10 bits per heavy atom. The van der Waals surface area contributed by atoms with Gasteiger partial charge in [-0.05, 0) is 51.1 Å². The number of aromatic nitrogens is 2. The van der Waals surface area contributed by atoms with Crippen molar-refractivity contribution in [3.8, 4) is 11.4 Å². The van der Waals surface area contributed by atoms with Gasteiger partial charge in [-0.25, -0.2) is 4.68 Å². The third kappa shape index (κ3) is 4.43. The molecule has 0 spiro atoms. The van der Waals surface area contributed by atoms with E-state index >= 15 is 0 Å². The number of aryl methyl sites for hydroxylation is 1. The maximum absolute atomic E-state index is 12.9. The molecule has 0 aliphatic heterocycles. The van der Waals surface area contributed by atoms with E-state index in [1.54, 1.807) is 37.3 Å². The number of benzene rings is 2. The Labute approximate surface area is 177 Å². The lowest BCUT2D eigenvalue weighted by atomic mass is 10.0. The van der Waals surface area contributed by atoms with E-state index in [0.717, 1.165) is 22.6 Å². The number of amides is 1. The van der Waals surface area contributed by atoms with Crippen molar-refractivity contribution in [3.05, 3.63) is 76.6 Å². The number of rotatable bonds is 7. The number of ether oxygens (including phenoxy) is 1. The van der Waals surface area contributed by atoms with E-state index in [4.69, 9.17) is 4.74 Å². The lowest BCUT2D eigenvalue weighted by molar-refractivity contribution is -0.129. The average Bonchev–Trinajstić information content (AvgIpc) is 3.02. The van der Waals surface area contributed by atoms with E-state index in [9.17, 15) is 9.59 Å². The second-order valence-electron chi connectivity index (χ2n) is 7.41. The van der Waals surface area contributed by atoms with Crippen molar-refractivity contribution < 1.29 is 14.3 Å². The molecular formula is C24H27N3O3. The maximum Gasteiger partial charge on any atom is 0.227 e. The van der Waals surface area contributed by atoms with Crippen molar-refractivity contribution in [2.24, 2.45) is 0 Å². The van der Waals surface area contributed by atoms with Gasteiger partial charge in [0.05, 0.1) is 24.9 Å². The highest BCUT2D eigenvalue weighted by Gasteiger charge is 2.19. The molecule has 156 valence electrons. The van der Waals surface area contributed by atoms with Gasteiger partial charge in [0.15, 0.2) is 5.78 Å². The molecule has 0 saturated heterocycles. The predicted molar refractivity (Wildman–Crippen MR) is 116 cm³/mol. The summed E-state index contributed by atoms with van der Waals surface area (Å²) in [4.78, 5) is 26.3. The molecule has 0 bridgehead atoms. The molecule has 3 aromatic rings. The smallest absolute Gasteiger partial charge is 0.227 e. The minimum atomic E-state index is -0.0553. The van der Waals surface area contributed by atoms with Crippen molar-refractivity contribution in [1.82, 2.24) is 14.7 Å². The molecule has 6 heteroatoms. The molecule has 0 radical (unpaired) electrons. The summed E-state index contributed by atoms with van der Waals surface area (Å²) in [5, 5.41) is 4.66. The minimum absolute atomic E-state index is 0.0423. The zero-order valence-electron chi connectivity index (χ0n) is 18.1. The van der Waals surface area contributed by atoms with E-state index in [1.165, 1.54) is 6.92 Å². The molecule has 0 aliphatic carbocycles. The molecule has 3 rings (SSSR count). The van der Waals surface area contributed by atoms with E-state index in [0.29, 0.717) is 23.4 Å².